The number of anilines is 1. The molecule has 112 valence electrons. The minimum absolute atomic E-state index is 0.0152. The molecule has 1 aromatic carbocycles. The molecule has 2 N–H and O–H groups in total. The molecule has 21 heavy (non-hydrogen) atoms. The van der Waals surface area contributed by atoms with Crippen molar-refractivity contribution < 1.29 is 19.6 Å². The number of urea groups is 1. The van der Waals surface area contributed by atoms with Crippen LogP contribution in [0.4, 0.5) is 16.2 Å². The highest BCUT2D eigenvalue weighted by molar-refractivity contribution is 6.33. The second-order valence-corrected chi connectivity index (χ2v) is 5.13. The zero-order valence-electron chi connectivity index (χ0n) is 10.8. The molecule has 2 rings (SSSR count). The van der Waals surface area contributed by atoms with Crippen LogP contribution in [0.1, 0.15) is 6.42 Å². The van der Waals surface area contributed by atoms with E-state index in [4.69, 9.17) is 16.7 Å². The number of likely N-dealkylation sites (tertiary alicyclic amines) is 1. The Morgan fingerprint density at radius 2 is 2.14 bits per heavy atom. The van der Waals surface area contributed by atoms with Crippen LogP contribution in [0.15, 0.2) is 18.2 Å². The minimum Gasteiger partial charge on any atom is -0.481 e. The number of carboxylic acid groups (broad SMARTS) is 1. The molecule has 0 aromatic heterocycles. The van der Waals surface area contributed by atoms with E-state index in [1.165, 1.54) is 23.1 Å². The minimum atomic E-state index is -0.901. The van der Waals surface area contributed by atoms with Gasteiger partial charge in [0.25, 0.3) is 5.69 Å². The molecule has 2 amide bonds. The third kappa shape index (κ3) is 3.60. The van der Waals surface area contributed by atoms with Crippen LogP contribution in [0.2, 0.25) is 5.02 Å². The van der Waals surface area contributed by atoms with Crippen molar-refractivity contribution in [2.24, 2.45) is 5.92 Å². The van der Waals surface area contributed by atoms with E-state index in [2.05, 4.69) is 5.32 Å². The first kappa shape index (κ1) is 15.0. The topological polar surface area (TPSA) is 113 Å². The van der Waals surface area contributed by atoms with E-state index in [0.29, 0.717) is 13.1 Å². The molecule has 0 bridgehead atoms. The van der Waals surface area contributed by atoms with Crippen LogP contribution in [0, 0.1) is 16.0 Å². The summed E-state index contributed by atoms with van der Waals surface area (Å²) >= 11 is 5.87. The summed E-state index contributed by atoms with van der Waals surface area (Å²) in [5.41, 5.74) is -0.0281. The zero-order chi connectivity index (χ0) is 15.6. The molecule has 0 radical (unpaired) electrons. The van der Waals surface area contributed by atoms with Crippen LogP contribution < -0.4 is 5.32 Å². The number of rotatable bonds is 4. The number of nitro benzene ring substituents is 1. The van der Waals surface area contributed by atoms with Crippen LogP contribution in [-0.2, 0) is 4.79 Å². The van der Waals surface area contributed by atoms with Crippen LogP contribution in [0.25, 0.3) is 0 Å². The van der Waals surface area contributed by atoms with Crippen molar-refractivity contribution in [3.63, 3.8) is 0 Å². The highest BCUT2D eigenvalue weighted by Gasteiger charge is 2.32. The monoisotopic (exact) mass is 313 g/mol. The summed E-state index contributed by atoms with van der Waals surface area (Å²) < 4.78 is 0. The van der Waals surface area contributed by atoms with Gasteiger partial charge in [0.15, 0.2) is 0 Å². The standard InChI is InChI=1S/C12H12ClN3O5/c13-9-2-1-8(16(20)21)4-10(9)14-12(19)15-5-7(6-15)3-11(17)18/h1-2,4,7H,3,5-6H2,(H,14,19)(H,17,18). The summed E-state index contributed by atoms with van der Waals surface area (Å²) in [6, 6.07) is 3.29. The number of nitrogens with one attached hydrogen (secondary N) is 1. The number of amides is 2. The Morgan fingerprint density at radius 1 is 1.48 bits per heavy atom. The zero-order valence-corrected chi connectivity index (χ0v) is 11.5. The average Bonchev–Trinajstić information content (AvgIpc) is 2.35. The number of non-ortho nitro benzene ring substituents is 1. The van der Waals surface area contributed by atoms with Crippen molar-refractivity contribution in [3.8, 4) is 0 Å². The molecule has 9 heteroatoms. The SMILES string of the molecule is O=C(O)CC1CN(C(=O)Nc2cc([N+](=O)[O-])ccc2Cl)C1. The number of carbonyl (C=O) groups is 2. The van der Waals surface area contributed by atoms with Gasteiger partial charge in [0.2, 0.25) is 0 Å². The smallest absolute Gasteiger partial charge is 0.321 e. The predicted molar refractivity (Wildman–Crippen MR) is 74.4 cm³/mol. The molecule has 0 saturated carbocycles. The first-order valence-corrected chi connectivity index (χ1v) is 6.46. The van der Waals surface area contributed by atoms with E-state index in [1.807, 2.05) is 0 Å². The molecule has 1 aliphatic rings. The lowest BCUT2D eigenvalue weighted by atomic mass is 9.97. The highest BCUT2D eigenvalue weighted by Crippen LogP contribution is 2.28. The summed E-state index contributed by atoms with van der Waals surface area (Å²) in [4.78, 5) is 33.9. The number of aliphatic carboxylic acids is 1. The van der Waals surface area contributed by atoms with Crippen LogP contribution in [0.5, 0.6) is 0 Å². The first-order chi connectivity index (χ1) is 9.86. The van der Waals surface area contributed by atoms with Gasteiger partial charge in [-0.3, -0.25) is 14.9 Å². The van der Waals surface area contributed by atoms with Gasteiger partial charge in [-0.2, -0.15) is 0 Å². The second kappa shape index (κ2) is 5.96. The number of halogens is 1. The molecule has 0 atom stereocenters. The molecule has 8 nitrogen and oxygen atoms in total. The Kier molecular flexibility index (Phi) is 4.27. The molecule has 0 unspecified atom stereocenters. The van der Waals surface area contributed by atoms with Gasteiger partial charge in [-0.25, -0.2) is 4.79 Å². The lowest BCUT2D eigenvalue weighted by molar-refractivity contribution is -0.384. The van der Waals surface area contributed by atoms with E-state index in [1.54, 1.807) is 0 Å². The van der Waals surface area contributed by atoms with Gasteiger partial charge >= 0.3 is 12.0 Å². The van der Waals surface area contributed by atoms with Crippen LogP contribution >= 0.6 is 11.6 Å². The third-order valence-electron chi connectivity index (χ3n) is 3.11. The molecular formula is C12H12ClN3O5. The Labute approximate surface area is 124 Å². The van der Waals surface area contributed by atoms with Crippen molar-refractivity contribution in [2.45, 2.75) is 6.42 Å². The van der Waals surface area contributed by atoms with Gasteiger partial charge in [0.05, 0.1) is 22.1 Å². The lowest BCUT2D eigenvalue weighted by Crippen LogP contribution is -2.52. The summed E-state index contributed by atoms with van der Waals surface area (Å²) in [6.45, 7) is 0.676. The van der Waals surface area contributed by atoms with Crippen molar-refractivity contribution in [1.82, 2.24) is 4.90 Å². The third-order valence-corrected chi connectivity index (χ3v) is 3.44. The summed E-state index contributed by atoms with van der Waals surface area (Å²) in [7, 11) is 0. The fourth-order valence-electron chi connectivity index (χ4n) is 2.03. The van der Waals surface area contributed by atoms with E-state index >= 15 is 0 Å². The quantitative estimate of drug-likeness (QED) is 0.653. The molecule has 1 heterocycles. The van der Waals surface area contributed by atoms with Crippen molar-refractivity contribution in [3.05, 3.63) is 33.3 Å². The largest absolute Gasteiger partial charge is 0.481 e. The molecule has 1 aromatic rings. The lowest BCUT2D eigenvalue weighted by Gasteiger charge is -2.38. The van der Waals surface area contributed by atoms with Crippen molar-refractivity contribution >= 4 is 35.0 Å². The maximum absolute atomic E-state index is 11.9. The maximum atomic E-state index is 11.9. The summed E-state index contributed by atoms with van der Waals surface area (Å²) in [5, 5.41) is 22.0. The summed E-state index contributed by atoms with van der Waals surface area (Å²) in [5.74, 6) is -0.962. The first-order valence-electron chi connectivity index (χ1n) is 6.08. The van der Waals surface area contributed by atoms with Gasteiger partial charge in [-0.15, -0.1) is 0 Å². The van der Waals surface area contributed by atoms with Gasteiger partial charge in [-0.05, 0) is 6.07 Å². The van der Waals surface area contributed by atoms with Gasteiger partial charge < -0.3 is 15.3 Å². The molecule has 1 aliphatic heterocycles. The van der Waals surface area contributed by atoms with Gasteiger partial charge in [0, 0.05) is 31.1 Å². The van der Waals surface area contributed by atoms with Gasteiger partial charge in [0.1, 0.15) is 0 Å². The number of hydrogen-bond donors (Lipinski definition) is 2. The Bertz CT molecular complexity index is 601. The summed E-state index contributed by atoms with van der Waals surface area (Å²) in [6.07, 6.45) is 0.0152. The molecule has 1 fully saturated rings. The number of carbonyl (C=O) groups excluding carboxylic acids is 1. The average molecular weight is 314 g/mol. The Hall–Kier alpha value is -2.35. The van der Waals surface area contributed by atoms with Crippen LogP contribution in [0.3, 0.4) is 0 Å². The fourth-order valence-corrected chi connectivity index (χ4v) is 2.19. The predicted octanol–water partition coefficient (Wildman–Crippen LogP) is 2.19. The Balaban J connectivity index is 1.96. The van der Waals surface area contributed by atoms with E-state index in [9.17, 15) is 19.7 Å². The van der Waals surface area contributed by atoms with Crippen molar-refractivity contribution in [2.75, 3.05) is 18.4 Å². The van der Waals surface area contributed by atoms with Crippen molar-refractivity contribution in [1.29, 1.82) is 0 Å². The Morgan fingerprint density at radius 3 is 2.71 bits per heavy atom. The number of hydrogen-bond acceptors (Lipinski definition) is 4. The molecule has 0 aliphatic carbocycles. The van der Waals surface area contributed by atoms with E-state index in [0.717, 1.165) is 0 Å². The molecule has 0 spiro atoms. The highest BCUT2D eigenvalue weighted by atomic mass is 35.5. The number of nitro groups is 1. The molecule has 1 saturated heterocycles. The number of benzene rings is 1. The maximum Gasteiger partial charge on any atom is 0.321 e. The van der Waals surface area contributed by atoms with E-state index in [-0.39, 0.29) is 28.7 Å². The number of nitrogens with zero attached hydrogens (tertiary/aromatic N) is 2. The van der Waals surface area contributed by atoms with Gasteiger partial charge in [-0.1, -0.05) is 11.6 Å². The fraction of sp³-hybridized carbons (Fsp3) is 0.333. The normalized spacial score (nSPS) is 14.4. The second-order valence-electron chi connectivity index (χ2n) is 4.72. The van der Waals surface area contributed by atoms with E-state index < -0.39 is 16.9 Å². The van der Waals surface area contributed by atoms with Crippen LogP contribution in [-0.4, -0.2) is 40.0 Å². The molecular weight excluding hydrogens is 302 g/mol. The number of carboxylic acids is 1.